The summed E-state index contributed by atoms with van der Waals surface area (Å²) in [6.45, 7) is 4.00. The van der Waals surface area contributed by atoms with Crippen LogP contribution in [0.3, 0.4) is 0 Å². The zero-order valence-electron chi connectivity index (χ0n) is 16.4. The molecule has 0 aromatic carbocycles. The van der Waals surface area contributed by atoms with Crippen molar-refractivity contribution in [2.24, 2.45) is 0 Å². The first-order valence-electron chi connectivity index (χ1n) is 9.79. The molecular formula is C21H25N7. The molecule has 4 rings (SSSR count). The Morgan fingerprint density at radius 1 is 1.14 bits per heavy atom. The summed E-state index contributed by atoms with van der Waals surface area (Å²) >= 11 is 0. The van der Waals surface area contributed by atoms with Gasteiger partial charge in [-0.15, -0.1) is 5.10 Å². The molecule has 0 bridgehead atoms. The highest BCUT2D eigenvalue weighted by Crippen LogP contribution is 2.25. The molecule has 7 nitrogen and oxygen atoms in total. The second kappa shape index (κ2) is 8.29. The van der Waals surface area contributed by atoms with Crippen LogP contribution in [0.1, 0.15) is 25.5 Å². The van der Waals surface area contributed by atoms with Gasteiger partial charge in [0, 0.05) is 50.3 Å². The Balaban J connectivity index is 1.57. The molecule has 0 amide bonds. The summed E-state index contributed by atoms with van der Waals surface area (Å²) in [7, 11) is 2.09. The predicted octanol–water partition coefficient (Wildman–Crippen LogP) is 3.00. The second-order valence-electron chi connectivity index (χ2n) is 7.06. The standard InChI is InChI=1S/C21H25N7/c1-3-16-14-20(25-21(24-16)18-9-4-5-11-22-18)27(2)15-17-8-7-13-28(17)19-10-6-12-23-26-19/h4-6,9-12,14,17H,3,7-8,13,15H2,1-2H3. The third-order valence-electron chi connectivity index (χ3n) is 5.13. The van der Waals surface area contributed by atoms with Gasteiger partial charge in [0.05, 0.1) is 0 Å². The third kappa shape index (κ3) is 3.93. The zero-order chi connectivity index (χ0) is 19.3. The minimum atomic E-state index is 0.389. The molecule has 0 N–H and O–H groups in total. The molecule has 3 aromatic rings. The van der Waals surface area contributed by atoms with Crippen molar-refractivity contribution in [3.05, 3.63) is 54.5 Å². The Morgan fingerprint density at radius 3 is 2.82 bits per heavy atom. The van der Waals surface area contributed by atoms with Crippen LogP contribution in [0.5, 0.6) is 0 Å². The van der Waals surface area contributed by atoms with Crippen LogP contribution in [0.4, 0.5) is 11.6 Å². The monoisotopic (exact) mass is 375 g/mol. The Labute approximate surface area is 165 Å². The summed E-state index contributed by atoms with van der Waals surface area (Å²) in [5.74, 6) is 2.56. The van der Waals surface area contributed by atoms with E-state index >= 15 is 0 Å². The molecule has 1 saturated heterocycles. The number of anilines is 2. The molecule has 1 aliphatic rings. The average Bonchev–Trinajstić information content (AvgIpc) is 3.22. The van der Waals surface area contributed by atoms with Gasteiger partial charge in [0.25, 0.3) is 0 Å². The fourth-order valence-corrected chi connectivity index (χ4v) is 3.65. The van der Waals surface area contributed by atoms with E-state index in [1.807, 2.05) is 30.3 Å². The van der Waals surface area contributed by atoms with Gasteiger partial charge < -0.3 is 9.80 Å². The number of pyridine rings is 1. The van der Waals surface area contributed by atoms with Gasteiger partial charge in [0.15, 0.2) is 11.6 Å². The smallest absolute Gasteiger partial charge is 0.180 e. The van der Waals surface area contributed by atoms with Crippen LogP contribution in [-0.2, 0) is 6.42 Å². The SMILES string of the molecule is CCc1cc(N(C)CC2CCCN2c2cccnn2)nc(-c2ccccn2)n1. The van der Waals surface area contributed by atoms with Crippen LogP contribution < -0.4 is 9.80 Å². The van der Waals surface area contributed by atoms with Gasteiger partial charge in [-0.25, -0.2) is 9.97 Å². The Morgan fingerprint density at radius 2 is 2.07 bits per heavy atom. The quantitative estimate of drug-likeness (QED) is 0.656. The lowest BCUT2D eigenvalue weighted by Gasteiger charge is -2.30. The Bertz CT molecular complexity index is 901. The van der Waals surface area contributed by atoms with Crippen molar-refractivity contribution < 1.29 is 0 Å². The van der Waals surface area contributed by atoms with E-state index in [2.05, 4.69) is 50.0 Å². The molecule has 144 valence electrons. The van der Waals surface area contributed by atoms with Crippen molar-refractivity contribution in [1.29, 1.82) is 0 Å². The Kier molecular flexibility index (Phi) is 5.41. The molecular weight excluding hydrogens is 350 g/mol. The van der Waals surface area contributed by atoms with Crippen molar-refractivity contribution in [1.82, 2.24) is 25.1 Å². The molecule has 4 heterocycles. The molecule has 1 aliphatic heterocycles. The van der Waals surface area contributed by atoms with Crippen molar-refractivity contribution in [3.8, 4) is 11.5 Å². The third-order valence-corrected chi connectivity index (χ3v) is 5.13. The number of aromatic nitrogens is 5. The van der Waals surface area contributed by atoms with Crippen LogP contribution in [0.15, 0.2) is 48.8 Å². The first-order valence-corrected chi connectivity index (χ1v) is 9.79. The molecule has 0 saturated carbocycles. The minimum Gasteiger partial charge on any atom is -0.357 e. The van der Waals surface area contributed by atoms with Crippen molar-refractivity contribution >= 4 is 11.6 Å². The van der Waals surface area contributed by atoms with Gasteiger partial charge in [0.2, 0.25) is 0 Å². The van der Waals surface area contributed by atoms with Crippen molar-refractivity contribution in [2.75, 3.05) is 29.9 Å². The first kappa shape index (κ1) is 18.3. The lowest BCUT2D eigenvalue weighted by molar-refractivity contribution is 0.643. The van der Waals surface area contributed by atoms with Crippen molar-refractivity contribution in [3.63, 3.8) is 0 Å². The van der Waals surface area contributed by atoms with E-state index in [1.54, 1.807) is 12.4 Å². The van der Waals surface area contributed by atoms with Gasteiger partial charge in [-0.3, -0.25) is 4.98 Å². The molecule has 0 radical (unpaired) electrons. The molecule has 3 aromatic heterocycles. The molecule has 7 heteroatoms. The molecule has 1 unspecified atom stereocenters. The summed E-state index contributed by atoms with van der Waals surface area (Å²) in [6, 6.07) is 12.3. The summed E-state index contributed by atoms with van der Waals surface area (Å²) in [6.07, 6.45) is 6.65. The predicted molar refractivity (Wildman–Crippen MR) is 110 cm³/mol. The van der Waals surface area contributed by atoms with Crippen LogP contribution in [0.25, 0.3) is 11.5 Å². The summed E-state index contributed by atoms with van der Waals surface area (Å²) in [5, 5.41) is 8.33. The number of nitrogens with zero attached hydrogens (tertiary/aromatic N) is 7. The fraction of sp³-hybridized carbons (Fsp3) is 0.381. The Hall–Kier alpha value is -3.09. The van der Waals surface area contributed by atoms with E-state index in [4.69, 9.17) is 4.98 Å². The maximum absolute atomic E-state index is 4.80. The van der Waals surface area contributed by atoms with Crippen LogP contribution >= 0.6 is 0 Å². The topological polar surface area (TPSA) is 70.9 Å². The van der Waals surface area contributed by atoms with E-state index in [0.29, 0.717) is 11.9 Å². The van der Waals surface area contributed by atoms with E-state index in [1.165, 1.54) is 0 Å². The number of hydrogen-bond acceptors (Lipinski definition) is 7. The fourth-order valence-electron chi connectivity index (χ4n) is 3.65. The summed E-state index contributed by atoms with van der Waals surface area (Å²) in [4.78, 5) is 18.4. The van der Waals surface area contributed by atoms with Crippen LogP contribution in [0, 0.1) is 0 Å². The first-order chi connectivity index (χ1) is 13.7. The van der Waals surface area contributed by atoms with Gasteiger partial charge in [-0.2, -0.15) is 5.10 Å². The van der Waals surface area contributed by atoms with E-state index < -0.39 is 0 Å². The maximum Gasteiger partial charge on any atom is 0.180 e. The lowest BCUT2D eigenvalue weighted by Crippen LogP contribution is -2.39. The molecule has 28 heavy (non-hydrogen) atoms. The van der Waals surface area contributed by atoms with E-state index in [0.717, 1.165) is 55.4 Å². The molecule has 1 fully saturated rings. The highest BCUT2D eigenvalue weighted by Gasteiger charge is 2.27. The van der Waals surface area contributed by atoms with Gasteiger partial charge >= 0.3 is 0 Å². The largest absolute Gasteiger partial charge is 0.357 e. The van der Waals surface area contributed by atoms with E-state index in [-0.39, 0.29) is 0 Å². The zero-order valence-corrected chi connectivity index (χ0v) is 16.4. The second-order valence-corrected chi connectivity index (χ2v) is 7.06. The average molecular weight is 375 g/mol. The number of aryl methyl sites for hydroxylation is 1. The number of likely N-dealkylation sites (N-methyl/N-ethyl adjacent to an activating group) is 1. The van der Waals surface area contributed by atoms with E-state index in [9.17, 15) is 0 Å². The number of hydrogen-bond donors (Lipinski definition) is 0. The van der Waals surface area contributed by atoms with Gasteiger partial charge in [-0.05, 0) is 43.5 Å². The molecule has 1 atom stereocenters. The van der Waals surface area contributed by atoms with Gasteiger partial charge in [-0.1, -0.05) is 13.0 Å². The van der Waals surface area contributed by atoms with Crippen molar-refractivity contribution in [2.45, 2.75) is 32.2 Å². The highest BCUT2D eigenvalue weighted by atomic mass is 15.3. The highest BCUT2D eigenvalue weighted by molar-refractivity contribution is 5.54. The molecule has 0 aliphatic carbocycles. The van der Waals surface area contributed by atoms with Crippen LogP contribution in [0.2, 0.25) is 0 Å². The van der Waals surface area contributed by atoms with Crippen LogP contribution in [-0.4, -0.2) is 51.3 Å². The summed E-state index contributed by atoms with van der Waals surface area (Å²) < 4.78 is 0. The number of rotatable bonds is 6. The minimum absolute atomic E-state index is 0.389. The maximum atomic E-state index is 4.80. The summed E-state index contributed by atoms with van der Waals surface area (Å²) in [5.41, 5.74) is 1.82. The molecule has 0 spiro atoms. The lowest BCUT2D eigenvalue weighted by atomic mass is 10.2. The normalized spacial score (nSPS) is 16.4. The van der Waals surface area contributed by atoms with Gasteiger partial charge in [0.1, 0.15) is 11.5 Å².